The van der Waals surface area contributed by atoms with Gasteiger partial charge >= 0.3 is 0 Å². The number of rotatable bonds is 7. The number of hydrogen-bond acceptors (Lipinski definition) is 3. The van der Waals surface area contributed by atoms with Gasteiger partial charge in [0.1, 0.15) is 6.04 Å². The molecule has 1 amide bonds. The molecule has 0 fully saturated rings. The van der Waals surface area contributed by atoms with E-state index in [1.165, 1.54) is 5.56 Å². The molecule has 0 aliphatic heterocycles. The van der Waals surface area contributed by atoms with Gasteiger partial charge in [0, 0.05) is 5.02 Å². The Morgan fingerprint density at radius 1 is 1.07 bits per heavy atom. The molecule has 0 aliphatic rings. The minimum Gasteiger partial charge on any atom is -0.348 e. The van der Waals surface area contributed by atoms with Crippen LogP contribution in [0.3, 0.4) is 0 Å². The zero-order valence-electron chi connectivity index (χ0n) is 15.9. The second kappa shape index (κ2) is 8.76. The number of amides is 1. The molecule has 7 heteroatoms. The number of sulfonamides is 1. The Bertz CT molecular complexity index is 880. The second-order valence-corrected chi connectivity index (χ2v) is 8.83. The summed E-state index contributed by atoms with van der Waals surface area (Å²) in [5.74, 6) is -0.373. The van der Waals surface area contributed by atoms with Crippen LogP contribution in [0.1, 0.15) is 37.9 Å². The summed E-state index contributed by atoms with van der Waals surface area (Å²) in [6, 6.07) is 13.2. The van der Waals surface area contributed by atoms with Gasteiger partial charge in [-0.15, -0.1) is 0 Å². The fourth-order valence-corrected chi connectivity index (χ4v) is 4.16. The molecule has 2 aromatic rings. The zero-order valence-corrected chi connectivity index (χ0v) is 17.5. The quantitative estimate of drug-likeness (QED) is 0.754. The number of nitrogens with one attached hydrogen (secondary N) is 1. The molecular formula is C20H25ClN2O3S. The van der Waals surface area contributed by atoms with Crippen LogP contribution >= 0.6 is 11.6 Å². The van der Waals surface area contributed by atoms with Crippen molar-refractivity contribution in [3.8, 4) is 0 Å². The van der Waals surface area contributed by atoms with Gasteiger partial charge in [0.2, 0.25) is 15.9 Å². The SMILES string of the molecule is CCc1ccc([C@H](C)NC(=O)[C@@H](C)N(c2ccc(Cl)cc2)S(C)(=O)=O)cc1. The molecule has 0 bridgehead atoms. The van der Waals surface area contributed by atoms with Crippen LogP contribution in [0, 0.1) is 0 Å². The first kappa shape index (κ1) is 21.3. The standard InChI is InChI=1S/C20H25ClN2O3S/c1-5-16-6-8-17(9-7-16)14(2)22-20(24)15(3)23(27(4,25)26)19-12-10-18(21)11-13-19/h6-15H,5H2,1-4H3,(H,22,24)/t14-,15+/m0/s1. The van der Waals surface area contributed by atoms with Crippen molar-refractivity contribution in [1.29, 1.82) is 0 Å². The first-order valence-corrected chi connectivity index (χ1v) is 11.0. The van der Waals surface area contributed by atoms with Crippen LogP contribution in [0.5, 0.6) is 0 Å². The third kappa shape index (κ3) is 5.47. The molecular weight excluding hydrogens is 384 g/mol. The second-order valence-electron chi connectivity index (χ2n) is 6.54. The smallest absolute Gasteiger partial charge is 0.244 e. The first-order valence-electron chi connectivity index (χ1n) is 8.77. The van der Waals surface area contributed by atoms with Crippen molar-refractivity contribution in [2.75, 3.05) is 10.6 Å². The summed E-state index contributed by atoms with van der Waals surface area (Å²) >= 11 is 5.88. The minimum atomic E-state index is -3.66. The van der Waals surface area contributed by atoms with Gasteiger partial charge in [-0.1, -0.05) is 42.8 Å². The number of nitrogens with zero attached hydrogens (tertiary/aromatic N) is 1. The van der Waals surface area contributed by atoms with E-state index in [0.717, 1.165) is 22.5 Å². The van der Waals surface area contributed by atoms with Crippen molar-refractivity contribution in [2.45, 2.75) is 39.3 Å². The number of halogens is 1. The number of carbonyl (C=O) groups excluding carboxylic acids is 1. The van der Waals surface area contributed by atoms with Crippen LogP contribution in [0.25, 0.3) is 0 Å². The highest BCUT2D eigenvalue weighted by Crippen LogP contribution is 2.23. The summed E-state index contributed by atoms with van der Waals surface area (Å²) in [5, 5.41) is 3.39. The highest BCUT2D eigenvalue weighted by molar-refractivity contribution is 7.92. The molecule has 0 unspecified atom stereocenters. The Hall–Kier alpha value is -2.05. The molecule has 5 nitrogen and oxygen atoms in total. The molecule has 0 spiro atoms. The molecule has 0 radical (unpaired) electrons. The Kier molecular flexibility index (Phi) is 6.89. The van der Waals surface area contributed by atoms with E-state index in [4.69, 9.17) is 11.6 Å². The lowest BCUT2D eigenvalue weighted by Gasteiger charge is -2.29. The van der Waals surface area contributed by atoms with E-state index in [0.29, 0.717) is 10.7 Å². The van der Waals surface area contributed by atoms with Crippen molar-refractivity contribution in [2.24, 2.45) is 0 Å². The van der Waals surface area contributed by atoms with E-state index in [9.17, 15) is 13.2 Å². The normalized spacial score (nSPS) is 13.7. The molecule has 2 atom stereocenters. The fourth-order valence-electron chi connectivity index (χ4n) is 2.86. The summed E-state index contributed by atoms with van der Waals surface area (Å²) in [4.78, 5) is 12.7. The molecule has 27 heavy (non-hydrogen) atoms. The van der Waals surface area contributed by atoms with E-state index >= 15 is 0 Å². The summed E-state index contributed by atoms with van der Waals surface area (Å²) < 4.78 is 25.7. The lowest BCUT2D eigenvalue weighted by Crippen LogP contribution is -2.48. The number of benzene rings is 2. The van der Waals surface area contributed by atoms with Crippen LogP contribution in [0.4, 0.5) is 5.69 Å². The van der Waals surface area contributed by atoms with Crippen LogP contribution in [-0.2, 0) is 21.2 Å². The highest BCUT2D eigenvalue weighted by atomic mass is 35.5. The Morgan fingerprint density at radius 3 is 2.11 bits per heavy atom. The first-order chi connectivity index (χ1) is 12.6. The maximum atomic E-state index is 12.7. The van der Waals surface area contributed by atoms with Crippen molar-refractivity contribution in [1.82, 2.24) is 5.32 Å². The molecule has 2 rings (SSSR count). The molecule has 0 aliphatic carbocycles. The number of hydrogen-bond donors (Lipinski definition) is 1. The summed E-state index contributed by atoms with van der Waals surface area (Å²) in [6.45, 7) is 5.52. The largest absolute Gasteiger partial charge is 0.348 e. The topological polar surface area (TPSA) is 66.5 Å². The number of carbonyl (C=O) groups is 1. The summed E-state index contributed by atoms with van der Waals surface area (Å²) in [6.07, 6.45) is 2.03. The van der Waals surface area contributed by atoms with E-state index < -0.39 is 16.1 Å². The van der Waals surface area contributed by atoms with Gasteiger partial charge in [-0.2, -0.15) is 0 Å². The maximum Gasteiger partial charge on any atom is 0.244 e. The van der Waals surface area contributed by atoms with Gasteiger partial charge in [0.25, 0.3) is 0 Å². The van der Waals surface area contributed by atoms with Gasteiger partial charge in [0.15, 0.2) is 0 Å². The van der Waals surface area contributed by atoms with Crippen LogP contribution in [0.15, 0.2) is 48.5 Å². The Morgan fingerprint density at radius 2 is 1.63 bits per heavy atom. The number of aryl methyl sites for hydroxylation is 1. The van der Waals surface area contributed by atoms with E-state index in [1.54, 1.807) is 31.2 Å². The Labute approximate surface area is 166 Å². The average Bonchev–Trinajstić information content (AvgIpc) is 2.62. The van der Waals surface area contributed by atoms with Gasteiger partial charge in [-0.3, -0.25) is 9.10 Å². The fraction of sp³-hybridized carbons (Fsp3) is 0.350. The minimum absolute atomic E-state index is 0.238. The van der Waals surface area contributed by atoms with Gasteiger partial charge in [0.05, 0.1) is 18.0 Å². The van der Waals surface area contributed by atoms with E-state index in [2.05, 4.69) is 12.2 Å². The third-order valence-corrected chi connectivity index (χ3v) is 5.91. The average molecular weight is 409 g/mol. The van der Waals surface area contributed by atoms with Crippen molar-refractivity contribution in [3.05, 3.63) is 64.7 Å². The van der Waals surface area contributed by atoms with Gasteiger partial charge in [-0.25, -0.2) is 8.42 Å². The summed E-state index contributed by atoms with van der Waals surface area (Å²) in [5.41, 5.74) is 2.58. The molecule has 0 aromatic heterocycles. The number of anilines is 1. The predicted molar refractivity (Wildman–Crippen MR) is 111 cm³/mol. The maximum absolute atomic E-state index is 12.7. The Balaban J connectivity index is 2.20. The molecule has 0 heterocycles. The molecule has 2 aromatic carbocycles. The van der Waals surface area contributed by atoms with Crippen molar-refractivity contribution < 1.29 is 13.2 Å². The van der Waals surface area contributed by atoms with Crippen molar-refractivity contribution in [3.63, 3.8) is 0 Å². The zero-order chi connectivity index (χ0) is 20.2. The van der Waals surface area contributed by atoms with E-state index in [1.807, 2.05) is 31.2 Å². The molecule has 0 saturated carbocycles. The third-order valence-electron chi connectivity index (χ3n) is 4.42. The lowest BCUT2D eigenvalue weighted by molar-refractivity contribution is -0.122. The van der Waals surface area contributed by atoms with Gasteiger partial charge < -0.3 is 5.32 Å². The predicted octanol–water partition coefficient (Wildman–Crippen LogP) is 3.93. The molecule has 1 N–H and O–H groups in total. The van der Waals surface area contributed by atoms with Crippen LogP contribution in [0.2, 0.25) is 5.02 Å². The molecule has 146 valence electrons. The van der Waals surface area contributed by atoms with E-state index in [-0.39, 0.29) is 11.9 Å². The van der Waals surface area contributed by atoms with Crippen LogP contribution < -0.4 is 9.62 Å². The monoisotopic (exact) mass is 408 g/mol. The summed E-state index contributed by atoms with van der Waals surface area (Å²) in [7, 11) is -3.66. The molecule has 0 saturated heterocycles. The van der Waals surface area contributed by atoms with Crippen molar-refractivity contribution >= 4 is 33.2 Å². The lowest BCUT2D eigenvalue weighted by atomic mass is 10.0. The van der Waals surface area contributed by atoms with Gasteiger partial charge in [-0.05, 0) is 55.7 Å². The van der Waals surface area contributed by atoms with Crippen LogP contribution in [-0.4, -0.2) is 26.6 Å². The highest BCUT2D eigenvalue weighted by Gasteiger charge is 2.29.